The van der Waals surface area contributed by atoms with Gasteiger partial charge in [0, 0.05) is 0 Å². The van der Waals surface area contributed by atoms with Gasteiger partial charge in [0.25, 0.3) is 0 Å². The van der Waals surface area contributed by atoms with Gasteiger partial charge in [-0.25, -0.2) is 0 Å². The lowest BCUT2D eigenvalue weighted by Crippen LogP contribution is -2.10. The van der Waals surface area contributed by atoms with E-state index in [4.69, 9.17) is 16.3 Å². The van der Waals surface area contributed by atoms with Crippen LogP contribution in [0.4, 0.5) is 0 Å². The fraction of sp³-hybridized carbons (Fsp3) is 0.235. The van der Waals surface area contributed by atoms with E-state index in [9.17, 15) is 4.79 Å². The molecule has 0 aliphatic heterocycles. The second-order valence-electron chi connectivity index (χ2n) is 4.82. The monoisotopic (exact) mass is 288 g/mol. The van der Waals surface area contributed by atoms with E-state index in [-0.39, 0.29) is 11.2 Å². The Labute approximate surface area is 124 Å². The normalized spacial score (nSPS) is 11.9. The van der Waals surface area contributed by atoms with Gasteiger partial charge in [0.1, 0.15) is 5.75 Å². The van der Waals surface area contributed by atoms with Crippen molar-refractivity contribution in [2.24, 2.45) is 0 Å². The van der Waals surface area contributed by atoms with Gasteiger partial charge in [-0.15, -0.1) is 0 Å². The maximum atomic E-state index is 11.7. The molecule has 0 bridgehead atoms. The highest BCUT2D eigenvalue weighted by Gasteiger charge is 2.19. The molecule has 2 aromatic rings. The molecule has 1 atom stereocenters. The van der Waals surface area contributed by atoms with Crippen molar-refractivity contribution in [2.45, 2.75) is 19.3 Å². The molecule has 0 fully saturated rings. The van der Waals surface area contributed by atoms with Gasteiger partial charge in [-0.1, -0.05) is 42.0 Å². The molecule has 0 aliphatic rings. The number of carbonyl (C=O) groups excluding carboxylic acids is 1. The molecule has 0 saturated heterocycles. The van der Waals surface area contributed by atoms with Crippen LogP contribution in [0, 0.1) is 6.92 Å². The number of hydrogen-bond donors (Lipinski definition) is 0. The van der Waals surface area contributed by atoms with Crippen molar-refractivity contribution in [1.82, 2.24) is 0 Å². The van der Waals surface area contributed by atoms with Crippen molar-refractivity contribution in [2.75, 3.05) is 7.11 Å². The number of rotatable bonds is 5. The van der Waals surface area contributed by atoms with Crippen LogP contribution in [0.1, 0.15) is 22.6 Å². The van der Waals surface area contributed by atoms with Crippen LogP contribution >= 0.6 is 11.6 Å². The Bertz CT molecular complexity index is 573. The summed E-state index contributed by atoms with van der Waals surface area (Å²) < 4.78 is 5.13. The van der Waals surface area contributed by atoms with Crippen molar-refractivity contribution in [3.8, 4) is 5.75 Å². The predicted molar refractivity (Wildman–Crippen MR) is 81.5 cm³/mol. The summed E-state index contributed by atoms with van der Waals surface area (Å²) >= 11 is 5.76. The molecule has 0 spiro atoms. The second kappa shape index (κ2) is 6.58. The van der Waals surface area contributed by atoms with Crippen LogP contribution < -0.4 is 4.74 Å². The lowest BCUT2D eigenvalue weighted by Gasteiger charge is -2.13. The van der Waals surface area contributed by atoms with Gasteiger partial charge in [-0.3, -0.25) is 4.79 Å². The van der Waals surface area contributed by atoms with E-state index >= 15 is 0 Å². The van der Waals surface area contributed by atoms with Crippen LogP contribution in [0.5, 0.6) is 5.75 Å². The average molecular weight is 289 g/mol. The third kappa shape index (κ3) is 3.61. The fourth-order valence-corrected chi connectivity index (χ4v) is 2.33. The second-order valence-corrected chi connectivity index (χ2v) is 5.19. The highest BCUT2D eigenvalue weighted by atomic mass is 35.5. The van der Waals surface area contributed by atoms with Crippen LogP contribution in [-0.4, -0.2) is 12.4 Å². The SMILES string of the molecule is COc1ccc(CC(C(=O)Cl)c2ccc(C)cc2)cc1. The van der Waals surface area contributed by atoms with Crippen LogP contribution in [0.15, 0.2) is 48.5 Å². The Kier molecular flexibility index (Phi) is 4.80. The molecular weight excluding hydrogens is 272 g/mol. The van der Waals surface area contributed by atoms with E-state index in [1.807, 2.05) is 55.5 Å². The Balaban J connectivity index is 2.20. The Morgan fingerprint density at radius 3 is 2.20 bits per heavy atom. The van der Waals surface area contributed by atoms with Gasteiger partial charge in [0.15, 0.2) is 0 Å². The standard InChI is InChI=1S/C17H17ClO2/c1-12-3-7-14(8-4-12)16(17(18)19)11-13-5-9-15(20-2)10-6-13/h3-10,16H,11H2,1-2H3. The van der Waals surface area contributed by atoms with Crippen molar-refractivity contribution in [3.63, 3.8) is 0 Å². The molecule has 0 amide bonds. The van der Waals surface area contributed by atoms with Gasteiger partial charge in [0.05, 0.1) is 13.0 Å². The molecule has 0 heterocycles. The van der Waals surface area contributed by atoms with Gasteiger partial charge in [0.2, 0.25) is 5.24 Å². The molecule has 0 aliphatic carbocycles. The minimum atomic E-state index is -0.329. The van der Waals surface area contributed by atoms with E-state index < -0.39 is 0 Å². The molecule has 2 nitrogen and oxygen atoms in total. The molecule has 2 rings (SSSR count). The summed E-state index contributed by atoms with van der Waals surface area (Å²) in [6.45, 7) is 2.02. The quantitative estimate of drug-likeness (QED) is 0.775. The van der Waals surface area contributed by atoms with Crippen LogP contribution in [0.2, 0.25) is 0 Å². The minimum Gasteiger partial charge on any atom is -0.497 e. The third-order valence-corrected chi connectivity index (χ3v) is 3.62. The molecule has 0 N–H and O–H groups in total. The lowest BCUT2D eigenvalue weighted by molar-refractivity contribution is -0.113. The summed E-state index contributed by atoms with van der Waals surface area (Å²) in [7, 11) is 1.63. The van der Waals surface area contributed by atoms with Crippen molar-refractivity contribution >= 4 is 16.8 Å². The van der Waals surface area contributed by atoms with Gasteiger partial charge in [-0.05, 0) is 48.2 Å². The molecule has 104 valence electrons. The molecule has 0 radical (unpaired) electrons. The number of ether oxygens (including phenoxy) is 1. The van der Waals surface area contributed by atoms with Gasteiger partial charge in [-0.2, -0.15) is 0 Å². The van der Waals surface area contributed by atoms with Crippen molar-refractivity contribution in [1.29, 1.82) is 0 Å². The van der Waals surface area contributed by atoms with Crippen LogP contribution in [0.3, 0.4) is 0 Å². The largest absolute Gasteiger partial charge is 0.497 e. The lowest BCUT2D eigenvalue weighted by atomic mass is 9.92. The molecule has 3 heteroatoms. The molecule has 2 aromatic carbocycles. The van der Waals surface area contributed by atoms with Crippen LogP contribution in [0.25, 0.3) is 0 Å². The summed E-state index contributed by atoms with van der Waals surface area (Å²) in [5.41, 5.74) is 3.18. The van der Waals surface area contributed by atoms with E-state index in [1.54, 1.807) is 7.11 Å². The smallest absolute Gasteiger partial charge is 0.229 e. The maximum absolute atomic E-state index is 11.7. The minimum absolute atomic E-state index is 0.314. The zero-order valence-corrected chi connectivity index (χ0v) is 12.4. The summed E-state index contributed by atoms with van der Waals surface area (Å²) in [4.78, 5) is 11.7. The number of hydrogen-bond acceptors (Lipinski definition) is 2. The van der Waals surface area contributed by atoms with Gasteiger partial charge < -0.3 is 4.74 Å². The predicted octanol–water partition coefficient (Wildman–Crippen LogP) is 4.10. The zero-order chi connectivity index (χ0) is 14.5. The topological polar surface area (TPSA) is 26.3 Å². The molecule has 1 unspecified atom stereocenters. The molecular formula is C17H17ClO2. The maximum Gasteiger partial charge on any atom is 0.229 e. The fourth-order valence-electron chi connectivity index (χ4n) is 2.13. The molecule has 20 heavy (non-hydrogen) atoms. The highest BCUT2D eigenvalue weighted by Crippen LogP contribution is 2.25. The summed E-state index contributed by atoms with van der Waals surface area (Å²) in [5.74, 6) is 0.489. The highest BCUT2D eigenvalue weighted by molar-refractivity contribution is 6.64. The molecule has 0 aromatic heterocycles. The zero-order valence-electron chi connectivity index (χ0n) is 11.6. The first-order valence-electron chi connectivity index (χ1n) is 6.49. The number of aryl methyl sites for hydroxylation is 1. The van der Waals surface area contributed by atoms with Gasteiger partial charge >= 0.3 is 0 Å². The van der Waals surface area contributed by atoms with E-state index in [2.05, 4.69) is 0 Å². The Morgan fingerprint density at radius 1 is 1.10 bits per heavy atom. The van der Waals surface area contributed by atoms with Crippen LogP contribution in [-0.2, 0) is 11.2 Å². The molecule has 0 saturated carbocycles. The van der Waals surface area contributed by atoms with Crippen molar-refractivity contribution in [3.05, 3.63) is 65.2 Å². The number of benzene rings is 2. The summed E-state index contributed by atoms with van der Waals surface area (Å²) in [6.07, 6.45) is 0.593. The number of methoxy groups -OCH3 is 1. The van der Waals surface area contributed by atoms with E-state index in [1.165, 1.54) is 5.56 Å². The van der Waals surface area contributed by atoms with Crippen molar-refractivity contribution < 1.29 is 9.53 Å². The number of halogens is 1. The summed E-state index contributed by atoms with van der Waals surface area (Å²) in [6, 6.07) is 15.6. The van der Waals surface area contributed by atoms with E-state index in [0.29, 0.717) is 6.42 Å². The Hall–Kier alpha value is -1.80. The third-order valence-electron chi connectivity index (χ3n) is 3.35. The van der Waals surface area contributed by atoms with E-state index in [0.717, 1.165) is 16.9 Å². The first-order valence-corrected chi connectivity index (χ1v) is 6.87. The summed E-state index contributed by atoms with van der Waals surface area (Å²) in [5, 5.41) is -0.329. The first kappa shape index (κ1) is 14.6. The first-order chi connectivity index (χ1) is 9.60. The average Bonchev–Trinajstić information content (AvgIpc) is 2.46. The Morgan fingerprint density at radius 2 is 1.70 bits per heavy atom. The number of carbonyl (C=O) groups is 1.